The SMILES string of the molecule is C=CC(O)C(C)C(=O)N1CCOC1=O.CC.CCC. The van der Waals surface area contributed by atoms with E-state index >= 15 is 0 Å². The van der Waals surface area contributed by atoms with E-state index in [0.29, 0.717) is 0 Å². The molecule has 0 aromatic heterocycles. The minimum atomic E-state index is -0.934. The summed E-state index contributed by atoms with van der Waals surface area (Å²) < 4.78 is 4.61. The van der Waals surface area contributed by atoms with Crippen LogP contribution in [0.15, 0.2) is 12.7 Å². The maximum absolute atomic E-state index is 11.6. The van der Waals surface area contributed by atoms with Gasteiger partial charge in [-0.2, -0.15) is 0 Å². The van der Waals surface area contributed by atoms with Crippen molar-refractivity contribution in [2.24, 2.45) is 5.92 Å². The highest BCUT2D eigenvalue weighted by atomic mass is 16.6. The zero-order valence-corrected chi connectivity index (χ0v) is 12.7. The van der Waals surface area contributed by atoms with Gasteiger partial charge in [-0.05, 0) is 0 Å². The number of amides is 2. The number of aliphatic hydroxyl groups is 1. The lowest BCUT2D eigenvalue weighted by molar-refractivity contribution is -0.133. The minimum absolute atomic E-state index is 0.224. The fraction of sp³-hybridized carbons (Fsp3) is 0.714. The summed E-state index contributed by atoms with van der Waals surface area (Å²) in [4.78, 5) is 23.6. The van der Waals surface area contributed by atoms with Gasteiger partial charge in [0.1, 0.15) is 6.61 Å². The Bertz CT molecular complexity index is 279. The van der Waals surface area contributed by atoms with E-state index in [-0.39, 0.29) is 13.2 Å². The van der Waals surface area contributed by atoms with Gasteiger partial charge in [0.15, 0.2) is 0 Å². The van der Waals surface area contributed by atoms with Crippen molar-refractivity contribution in [3.05, 3.63) is 12.7 Å². The van der Waals surface area contributed by atoms with Crippen LogP contribution in [0.1, 0.15) is 41.0 Å². The summed E-state index contributed by atoms with van der Waals surface area (Å²) in [6.07, 6.45) is 0.943. The van der Waals surface area contributed by atoms with Gasteiger partial charge in [0.2, 0.25) is 5.91 Å². The number of cyclic esters (lactones) is 1. The van der Waals surface area contributed by atoms with Gasteiger partial charge in [0.05, 0.1) is 18.6 Å². The fourth-order valence-electron chi connectivity index (χ4n) is 1.19. The molecule has 1 rings (SSSR count). The Balaban J connectivity index is 0. The molecule has 0 bridgehead atoms. The summed E-state index contributed by atoms with van der Waals surface area (Å²) >= 11 is 0. The van der Waals surface area contributed by atoms with Gasteiger partial charge < -0.3 is 9.84 Å². The summed E-state index contributed by atoms with van der Waals surface area (Å²) in [6, 6.07) is 0. The van der Waals surface area contributed by atoms with Gasteiger partial charge in [0.25, 0.3) is 0 Å². The van der Waals surface area contributed by atoms with Crippen LogP contribution in [0.3, 0.4) is 0 Å². The van der Waals surface area contributed by atoms with E-state index in [2.05, 4.69) is 25.2 Å². The molecular formula is C14H27NO4. The number of hydrogen-bond donors (Lipinski definition) is 1. The molecule has 19 heavy (non-hydrogen) atoms. The Morgan fingerprint density at radius 3 is 2.32 bits per heavy atom. The minimum Gasteiger partial charge on any atom is -0.447 e. The van der Waals surface area contributed by atoms with Crippen molar-refractivity contribution in [2.75, 3.05) is 13.2 Å². The summed E-state index contributed by atoms with van der Waals surface area (Å²) in [5, 5.41) is 9.33. The van der Waals surface area contributed by atoms with Crippen molar-refractivity contribution in [2.45, 2.75) is 47.1 Å². The number of nitrogens with zero attached hydrogens (tertiary/aromatic N) is 1. The molecular weight excluding hydrogens is 246 g/mol. The molecule has 0 aliphatic carbocycles. The summed E-state index contributed by atoms with van der Waals surface area (Å²) in [5.74, 6) is -1.10. The van der Waals surface area contributed by atoms with E-state index in [9.17, 15) is 14.7 Å². The molecule has 1 aliphatic rings. The lowest BCUT2D eigenvalue weighted by Gasteiger charge is -2.18. The molecule has 0 spiro atoms. The molecule has 1 aliphatic heterocycles. The molecule has 5 heteroatoms. The summed E-state index contributed by atoms with van der Waals surface area (Å²) in [6.45, 7) is 13.6. The Morgan fingerprint density at radius 1 is 1.53 bits per heavy atom. The van der Waals surface area contributed by atoms with Crippen LogP contribution in [-0.4, -0.2) is 41.3 Å². The highest BCUT2D eigenvalue weighted by Crippen LogP contribution is 2.12. The molecule has 1 fully saturated rings. The molecule has 5 nitrogen and oxygen atoms in total. The van der Waals surface area contributed by atoms with Gasteiger partial charge in [-0.1, -0.05) is 47.1 Å². The number of imide groups is 1. The number of ether oxygens (including phenoxy) is 1. The Hall–Kier alpha value is -1.36. The molecule has 0 saturated carbocycles. The number of aliphatic hydroxyl groups excluding tert-OH is 1. The fourth-order valence-corrected chi connectivity index (χ4v) is 1.19. The van der Waals surface area contributed by atoms with Crippen LogP contribution in [0.2, 0.25) is 0 Å². The predicted octanol–water partition coefficient (Wildman–Crippen LogP) is 2.59. The van der Waals surface area contributed by atoms with Crippen LogP contribution in [0.5, 0.6) is 0 Å². The Morgan fingerprint density at radius 2 is 2.00 bits per heavy atom. The molecule has 1 N–H and O–H groups in total. The zero-order chi connectivity index (χ0) is 15.4. The van der Waals surface area contributed by atoms with Crippen molar-refractivity contribution in [1.29, 1.82) is 0 Å². The largest absolute Gasteiger partial charge is 0.447 e. The quantitative estimate of drug-likeness (QED) is 0.803. The van der Waals surface area contributed by atoms with Crippen LogP contribution in [-0.2, 0) is 9.53 Å². The maximum Gasteiger partial charge on any atom is 0.416 e. The first-order valence-corrected chi connectivity index (χ1v) is 6.78. The van der Waals surface area contributed by atoms with Crippen molar-refractivity contribution in [3.63, 3.8) is 0 Å². The predicted molar refractivity (Wildman–Crippen MR) is 75.7 cm³/mol. The molecule has 1 heterocycles. The van der Waals surface area contributed by atoms with Gasteiger partial charge >= 0.3 is 6.09 Å². The van der Waals surface area contributed by atoms with Crippen molar-refractivity contribution < 1.29 is 19.4 Å². The number of hydrogen-bond acceptors (Lipinski definition) is 4. The smallest absolute Gasteiger partial charge is 0.416 e. The molecule has 2 atom stereocenters. The Labute approximate surface area is 116 Å². The third kappa shape index (κ3) is 6.96. The average Bonchev–Trinajstić information content (AvgIpc) is 2.85. The first-order valence-electron chi connectivity index (χ1n) is 6.78. The van der Waals surface area contributed by atoms with Crippen LogP contribution < -0.4 is 0 Å². The molecule has 2 unspecified atom stereocenters. The van der Waals surface area contributed by atoms with Gasteiger partial charge in [-0.3, -0.25) is 4.79 Å². The number of carbonyl (C=O) groups excluding carboxylic acids is 2. The lowest BCUT2D eigenvalue weighted by atomic mass is 10.0. The van der Waals surface area contributed by atoms with Crippen LogP contribution in [0.4, 0.5) is 4.79 Å². The molecule has 2 amide bonds. The van der Waals surface area contributed by atoms with E-state index in [1.165, 1.54) is 12.5 Å². The standard InChI is InChI=1S/C9H13NO4.C3H8.C2H6/c1-3-7(11)6(2)8(12)10-4-5-14-9(10)13;1-3-2;1-2/h3,6-7,11H,1,4-5H2,2H3;3H2,1-2H3;1-2H3. The summed E-state index contributed by atoms with van der Waals surface area (Å²) in [5.41, 5.74) is 0. The topological polar surface area (TPSA) is 66.8 Å². The van der Waals surface area contributed by atoms with Crippen LogP contribution >= 0.6 is 0 Å². The van der Waals surface area contributed by atoms with Crippen molar-refractivity contribution in [1.82, 2.24) is 4.90 Å². The van der Waals surface area contributed by atoms with Crippen molar-refractivity contribution in [3.8, 4) is 0 Å². The molecule has 0 aromatic rings. The second-order valence-corrected chi connectivity index (χ2v) is 3.83. The van der Waals surface area contributed by atoms with E-state index < -0.39 is 24.0 Å². The molecule has 0 radical (unpaired) electrons. The van der Waals surface area contributed by atoms with E-state index in [0.717, 1.165) is 4.90 Å². The van der Waals surface area contributed by atoms with Gasteiger partial charge in [-0.15, -0.1) is 6.58 Å². The van der Waals surface area contributed by atoms with Crippen molar-refractivity contribution >= 4 is 12.0 Å². The normalized spacial score (nSPS) is 16.1. The zero-order valence-electron chi connectivity index (χ0n) is 12.7. The highest BCUT2D eigenvalue weighted by molar-refractivity contribution is 5.94. The van der Waals surface area contributed by atoms with Crippen LogP contribution in [0.25, 0.3) is 0 Å². The maximum atomic E-state index is 11.6. The third-order valence-corrected chi connectivity index (χ3v) is 2.17. The van der Waals surface area contributed by atoms with Gasteiger partial charge in [0, 0.05) is 0 Å². The number of carbonyl (C=O) groups is 2. The summed E-state index contributed by atoms with van der Waals surface area (Å²) in [7, 11) is 0. The molecule has 1 saturated heterocycles. The van der Waals surface area contributed by atoms with Gasteiger partial charge in [-0.25, -0.2) is 9.69 Å². The third-order valence-electron chi connectivity index (χ3n) is 2.17. The molecule has 0 aromatic carbocycles. The second kappa shape index (κ2) is 11.7. The first kappa shape index (κ1) is 20.0. The van der Waals surface area contributed by atoms with E-state index in [1.807, 2.05) is 13.8 Å². The second-order valence-electron chi connectivity index (χ2n) is 3.83. The first-order chi connectivity index (χ1) is 8.99. The van der Waals surface area contributed by atoms with E-state index in [1.54, 1.807) is 6.92 Å². The van der Waals surface area contributed by atoms with E-state index in [4.69, 9.17) is 0 Å². The Kier molecular flexibility index (Phi) is 12.3. The van der Waals surface area contributed by atoms with Crippen LogP contribution in [0, 0.1) is 5.92 Å². The average molecular weight is 273 g/mol. The monoisotopic (exact) mass is 273 g/mol. The lowest BCUT2D eigenvalue weighted by Crippen LogP contribution is -2.39. The molecule has 112 valence electrons. The highest BCUT2D eigenvalue weighted by Gasteiger charge is 2.33. The number of rotatable bonds is 3.